The summed E-state index contributed by atoms with van der Waals surface area (Å²) in [6.07, 6.45) is 7.80. The summed E-state index contributed by atoms with van der Waals surface area (Å²) in [7, 11) is 6.36. The van der Waals surface area contributed by atoms with Gasteiger partial charge >= 0.3 is 0 Å². The second-order valence-corrected chi connectivity index (χ2v) is 8.54. The van der Waals surface area contributed by atoms with E-state index in [1.807, 2.05) is 0 Å². The van der Waals surface area contributed by atoms with Crippen molar-refractivity contribution in [2.45, 2.75) is 50.2 Å². The van der Waals surface area contributed by atoms with Crippen molar-refractivity contribution in [1.29, 1.82) is 0 Å². The van der Waals surface area contributed by atoms with Crippen LogP contribution in [0.3, 0.4) is 0 Å². The fraction of sp³-hybridized carbons (Fsp3) is 1.00. The van der Waals surface area contributed by atoms with E-state index in [1.165, 1.54) is 38.5 Å². The molecule has 19 heavy (non-hydrogen) atoms. The maximum Gasteiger partial charge on any atom is 0.126 e. The van der Waals surface area contributed by atoms with Gasteiger partial charge in [0.1, 0.15) is 12.6 Å². The first kappa shape index (κ1) is 13.8. The molecule has 0 spiro atoms. The van der Waals surface area contributed by atoms with E-state index in [0.29, 0.717) is 6.61 Å². The first-order valence-corrected chi connectivity index (χ1v) is 7.96. The van der Waals surface area contributed by atoms with Gasteiger partial charge in [0.15, 0.2) is 0 Å². The number of nitrogens with zero attached hydrogens (tertiary/aromatic N) is 1. The average molecular weight is 268 g/mol. The Labute approximate surface area is 117 Å². The molecule has 0 amide bonds. The summed E-state index contributed by atoms with van der Waals surface area (Å²) in [6.45, 7) is 1.30. The normalized spacial score (nSPS) is 42.6. The number of ether oxygens (including phenoxy) is 1. The Bertz CT molecular complexity index is 299. The van der Waals surface area contributed by atoms with E-state index < -0.39 is 0 Å². The third-order valence-corrected chi connectivity index (χ3v) is 5.32. The molecule has 4 rings (SSSR count). The minimum Gasteiger partial charge on any atom is -0.385 e. The molecule has 0 aromatic carbocycles. The van der Waals surface area contributed by atoms with Crippen molar-refractivity contribution < 1.29 is 14.3 Å². The van der Waals surface area contributed by atoms with Crippen LogP contribution in [0.15, 0.2) is 0 Å². The van der Waals surface area contributed by atoms with E-state index in [1.54, 1.807) is 0 Å². The van der Waals surface area contributed by atoms with Crippen LogP contribution >= 0.6 is 0 Å². The predicted molar refractivity (Wildman–Crippen MR) is 75.8 cm³/mol. The van der Waals surface area contributed by atoms with Crippen LogP contribution in [-0.4, -0.2) is 55.6 Å². The van der Waals surface area contributed by atoms with Gasteiger partial charge in [-0.3, -0.25) is 0 Å². The summed E-state index contributed by atoms with van der Waals surface area (Å²) in [6, 6.07) is 0. The third kappa shape index (κ3) is 3.14. The molecule has 4 bridgehead atoms. The van der Waals surface area contributed by atoms with Crippen LogP contribution in [-0.2, 0) is 4.74 Å². The number of likely N-dealkylation sites (N-methyl/N-ethyl adjacent to an activating group) is 1. The Balaban J connectivity index is 1.55. The number of quaternary nitrogens is 1. The van der Waals surface area contributed by atoms with Gasteiger partial charge in [-0.15, -0.1) is 0 Å². The summed E-state index contributed by atoms with van der Waals surface area (Å²) >= 11 is 0. The van der Waals surface area contributed by atoms with E-state index >= 15 is 0 Å². The van der Waals surface area contributed by atoms with Crippen LogP contribution in [0, 0.1) is 17.8 Å². The zero-order chi connectivity index (χ0) is 13.7. The van der Waals surface area contributed by atoms with Crippen molar-refractivity contribution in [2.24, 2.45) is 17.8 Å². The lowest BCUT2D eigenvalue weighted by Gasteiger charge is -2.56. The fourth-order valence-electron chi connectivity index (χ4n) is 5.17. The summed E-state index contributed by atoms with van der Waals surface area (Å²) in [5.41, 5.74) is 0.139. The molecule has 1 atom stereocenters. The van der Waals surface area contributed by atoms with Crippen molar-refractivity contribution in [1.82, 2.24) is 0 Å². The molecule has 0 saturated heterocycles. The van der Waals surface area contributed by atoms with Crippen LogP contribution in [0.5, 0.6) is 0 Å². The van der Waals surface area contributed by atoms with E-state index in [2.05, 4.69) is 21.1 Å². The van der Waals surface area contributed by atoms with Crippen LogP contribution in [0.25, 0.3) is 0 Å². The van der Waals surface area contributed by atoms with Crippen LogP contribution < -0.4 is 0 Å². The molecule has 0 radical (unpaired) electrons. The quantitative estimate of drug-likeness (QED) is 0.773. The summed E-state index contributed by atoms with van der Waals surface area (Å²) < 4.78 is 7.09. The average Bonchev–Trinajstić information content (AvgIpc) is 2.22. The molecule has 0 unspecified atom stereocenters. The molecule has 0 aliphatic heterocycles. The highest BCUT2D eigenvalue weighted by molar-refractivity contribution is 5.03. The molecule has 4 saturated carbocycles. The zero-order valence-corrected chi connectivity index (χ0v) is 12.8. The molecular formula is C16H30NO2+. The lowest BCUT2D eigenvalue weighted by molar-refractivity contribution is -0.873. The Kier molecular flexibility index (Phi) is 3.43. The maximum absolute atomic E-state index is 10.1. The number of hydrogen-bond donors (Lipinski definition) is 1. The Morgan fingerprint density at radius 3 is 1.95 bits per heavy atom. The van der Waals surface area contributed by atoms with Crippen molar-refractivity contribution >= 4 is 0 Å². The Morgan fingerprint density at radius 2 is 1.53 bits per heavy atom. The lowest BCUT2D eigenvalue weighted by Crippen LogP contribution is -2.53. The Morgan fingerprint density at radius 1 is 1.05 bits per heavy atom. The van der Waals surface area contributed by atoms with Gasteiger partial charge in [0.2, 0.25) is 0 Å². The fourth-order valence-corrected chi connectivity index (χ4v) is 5.17. The van der Waals surface area contributed by atoms with Crippen LogP contribution in [0.2, 0.25) is 0 Å². The van der Waals surface area contributed by atoms with Crippen LogP contribution in [0.1, 0.15) is 38.5 Å². The molecule has 4 aliphatic rings. The van der Waals surface area contributed by atoms with E-state index in [0.717, 1.165) is 28.8 Å². The zero-order valence-electron chi connectivity index (χ0n) is 12.8. The first-order valence-electron chi connectivity index (χ1n) is 7.96. The number of hydrogen-bond acceptors (Lipinski definition) is 2. The van der Waals surface area contributed by atoms with E-state index in [4.69, 9.17) is 4.74 Å². The SMILES string of the molecule is C[N+](C)(C)C[C@@H](O)COC12CC3CC(CC(C3)C1)C2. The molecule has 4 fully saturated rings. The second kappa shape index (κ2) is 4.71. The highest BCUT2D eigenvalue weighted by Gasteiger charge is 2.51. The number of rotatable bonds is 5. The van der Waals surface area contributed by atoms with Gasteiger partial charge in [-0.25, -0.2) is 0 Å². The van der Waals surface area contributed by atoms with E-state index in [-0.39, 0.29) is 11.7 Å². The van der Waals surface area contributed by atoms with Crippen molar-refractivity contribution in [2.75, 3.05) is 34.3 Å². The van der Waals surface area contributed by atoms with Crippen LogP contribution in [0.4, 0.5) is 0 Å². The highest BCUT2D eigenvalue weighted by atomic mass is 16.5. The van der Waals surface area contributed by atoms with Gasteiger partial charge in [-0.1, -0.05) is 0 Å². The lowest BCUT2D eigenvalue weighted by atomic mass is 9.54. The topological polar surface area (TPSA) is 29.5 Å². The van der Waals surface area contributed by atoms with Crippen molar-refractivity contribution in [3.05, 3.63) is 0 Å². The molecule has 0 heterocycles. The minimum absolute atomic E-state index is 0.139. The van der Waals surface area contributed by atoms with Gasteiger partial charge in [0.05, 0.1) is 33.4 Å². The minimum atomic E-state index is -0.326. The molecule has 1 N–H and O–H groups in total. The summed E-state index contributed by atoms with van der Waals surface area (Å²) in [5.74, 6) is 2.75. The second-order valence-electron chi connectivity index (χ2n) is 8.54. The highest BCUT2D eigenvalue weighted by Crippen LogP contribution is 2.57. The number of aliphatic hydroxyl groups is 1. The molecule has 0 aromatic rings. The molecule has 4 aliphatic carbocycles. The van der Waals surface area contributed by atoms with Gasteiger partial charge in [0.25, 0.3) is 0 Å². The van der Waals surface area contributed by atoms with Gasteiger partial charge in [-0.2, -0.15) is 0 Å². The van der Waals surface area contributed by atoms with Gasteiger partial charge in [-0.05, 0) is 56.3 Å². The summed E-state index contributed by atoms with van der Waals surface area (Å²) in [5, 5.41) is 10.1. The van der Waals surface area contributed by atoms with Crippen molar-refractivity contribution in [3.63, 3.8) is 0 Å². The standard InChI is InChI=1S/C16H30NO2/c1-17(2,3)10-15(18)11-19-16-7-12-4-13(8-16)6-14(5-12)9-16/h12-15,18H,4-11H2,1-3H3/q+1/t12?,13?,14?,15-,16?/m1/s1. The first-order chi connectivity index (χ1) is 8.84. The molecule has 3 heteroatoms. The smallest absolute Gasteiger partial charge is 0.126 e. The summed E-state index contributed by atoms with van der Waals surface area (Å²) in [4.78, 5) is 0. The Hall–Kier alpha value is -0.120. The molecule has 0 aromatic heterocycles. The maximum atomic E-state index is 10.1. The largest absolute Gasteiger partial charge is 0.385 e. The number of aliphatic hydroxyl groups excluding tert-OH is 1. The molecule has 3 nitrogen and oxygen atoms in total. The van der Waals surface area contributed by atoms with Gasteiger partial charge < -0.3 is 14.3 Å². The molecular weight excluding hydrogens is 238 g/mol. The van der Waals surface area contributed by atoms with Crippen molar-refractivity contribution in [3.8, 4) is 0 Å². The third-order valence-electron chi connectivity index (χ3n) is 5.32. The predicted octanol–water partition coefficient (Wildman–Crippen LogP) is 2.04. The van der Waals surface area contributed by atoms with Gasteiger partial charge in [0, 0.05) is 0 Å². The molecule has 110 valence electrons. The monoisotopic (exact) mass is 268 g/mol. The van der Waals surface area contributed by atoms with E-state index in [9.17, 15) is 5.11 Å².